The Morgan fingerprint density at radius 3 is 2.71 bits per heavy atom. The second kappa shape index (κ2) is 7.23. The molecular formula is C17H29N3O. The van der Waals surface area contributed by atoms with Crippen LogP contribution in [0.25, 0.3) is 0 Å². The third-order valence-corrected chi connectivity index (χ3v) is 4.33. The van der Waals surface area contributed by atoms with Gasteiger partial charge >= 0.3 is 0 Å². The molecule has 0 spiro atoms. The summed E-state index contributed by atoms with van der Waals surface area (Å²) in [5, 5.41) is 9.53. The molecule has 2 rings (SSSR count). The summed E-state index contributed by atoms with van der Waals surface area (Å²) in [6, 6.07) is 4.58. The molecule has 2 heterocycles. The van der Waals surface area contributed by atoms with Crippen molar-refractivity contribution in [2.45, 2.75) is 52.2 Å². The fraction of sp³-hybridized carbons (Fsp3) is 0.706. The molecule has 0 aromatic carbocycles. The number of aliphatic hydroxyl groups is 1. The molecule has 1 aliphatic heterocycles. The molecule has 1 fully saturated rings. The van der Waals surface area contributed by atoms with Gasteiger partial charge in [0.15, 0.2) is 0 Å². The first-order valence-electron chi connectivity index (χ1n) is 8.12. The van der Waals surface area contributed by atoms with E-state index < -0.39 is 0 Å². The van der Waals surface area contributed by atoms with Crippen LogP contribution in [0.1, 0.15) is 50.8 Å². The maximum atomic E-state index is 9.53. The van der Waals surface area contributed by atoms with Crippen LogP contribution in [0.15, 0.2) is 12.1 Å². The van der Waals surface area contributed by atoms with Crippen LogP contribution in [0, 0.1) is 0 Å². The predicted molar refractivity (Wildman–Crippen MR) is 87.8 cm³/mol. The van der Waals surface area contributed by atoms with Crippen molar-refractivity contribution in [2.75, 3.05) is 31.6 Å². The summed E-state index contributed by atoms with van der Waals surface area (Å²) in [5.41, 5.74) is 2.04. The quantitative estimate of drug-likeness (QED) is 0.925. The average Bonchev–Trinajstić information content (AvgIpc) is 2.67. The van der Waals surface area contributed by atoms with E-state index in [0.29, 0.717) is 12.0 Å². The second-order valence-corrected chi connectivity index (χ2v) is 6.44. The summed E-state index contributed by atoms with van der Waals surface area (Å²) in [5.74, 6) is 1.41. The topological polar surface area (TPSA) is 39.6 Å². The first-order valence-corrected chi connectivity index (χ1v) is 8.12. The number of hydrogen-bond acceptors (Lipinski definition) is 4. The highest BCUT2D eigenvalue weighted by atomic mass is 16.3. The van der Waals surface area contributed by atoms with E-state index in [-0.39, 0.29) is 6.61 Å². The summed E-state index contributed by atoms with van der Waals surface area (Å²) in [6.07, 6.45) is 2.28. The molecule has 0 saturated carbocycles. The van der Waals surface area contributed by atoms with Crippen molar-refractivity contribution in [3.8, 4) is 0 Å². The molecule has 1 N–H and O–H groups in total. The van der Waals surface area contributed by atoms with Crippen LogP contribution in [0.2, 0.25) is 0 Å². The zero-order valence-corrected chi connectivity index (χ0v) is 13.8. The van der Waals surface area contributed by atoms with Gasteiger partial charge in [0.1, 0.15) is 5.82 Å². The van der Waals surface area contributed by atoms with Crippen molar-refractivity contribution >= 4 is 5.82 Å². The van der Waals surface area contributed by atoms with E-state index in [9.17, 15) is 5.11 Å². The molecule has 4 nitrogen and oxygen atoms in total. The van der Waals surface area contributed by atoms with Gasteiger partial charge in [-0.15, -0.1) is 0 Å². The number of aliphatic hydroxyl groups excluding tert-OH is 1. The highest BCUT2D eigenvalue weighted by Gasteiger charge is 2.23. The maximum Gasteiger partial charge on any atom is 0.129 e. The Balaban J connectivity index is 2.35. The predicted octanol–water partition coefficient (Wildman–Crippen LogP) is 2.62. The van der Waals surface area contributed by atoms with Crippen molar-refractivity contribution in [3.05, 3.63) is 23.4 Å². The molecule has 1 unspecified atom stereocenters. The van der Waals surface area contributed by atoms with Gasteiger partial charge in [0, 0.05) is 24.8 Å². The Bertz CT molecular complexity index is 461. The lowest BCUT2D eigenvalue weighted by atomic mass is 10.1. The van der Waals surface area contributed by atoms with Gasteiger partial charge in [0.05, 0.1) is 6.61 Å². The van der Waals surface area contributed by atoms with Crippen LogP contribution in [-0.4, -0.2) is 47.7 Å². The standard InChI is InChI=1S/C17H29N3O/c1-5-15-11-19(4)7-6-8-20(15)17-10-14(12-21)9-16(18-17)13(2)3/h9-10,13,15,21H,5-8,11-12H2,1-4H3. The summed E-state index contributed by atoms with van der Waals surface area (Å²) in [7, 11) is 2.20. The van der Waals surface area contributed by atoms with Crippen molar-refractivity contribution < 1.29 is 5.11 Å². The fourth-order valence-electron chi connectivity index (χ4n) is 3.02. The molecule has 21 heavy (non-hydrogen) atoms. The van der Waals surface area contributed by atoms with Crippen LogP contribution in [0.5, 0.6) is 0 Å². The SMILES string of the molecule is CCC1CN(C)CCCN1c1cc(CO)cc(C(C)C)n1. The van der Waals surface area contributed by atoms with Gasteiger partial charge in [-0.1, -0.05) is 20.8 Å². The van der Waals surface area contributed by atoms with Crippen LogP contribution in [-0.2, 0) is 6.61 Å². The smallest absolute Gasteiger partial charge is 0.129 e. The molecule has 1 atom stereocenters. The molecule has 1 aliphatic rings. The Hall–Kier alpha value is -1.13. The number of nitrogens with zero attached hydrogens (tertiary/aromatic N) is 3. The van der Waals surface area contributed by atoms with Gasteiger partial charge < -0.3 is 14.9 Å². The fourth-order valence-corrected chi connectivity index (χ4v) is 3.02. The normalized spacial score (nSPS) is 20.9. The molecule has 4 heteroatoms. The zero-order chi connectivity index (χ0) is 15.4. The second-order valence-electron chi connectivity index (χ2n) is 6.44. The van der Waals surface area contributed by atoms with E-state index in [1.54, 1.807) is 0 Å². The summed E-state index contributed by atoms with van der Waals surface area (Å²) >= 11 is 0. The van der Waals surface area contributed by atoms with Gasteiger partial charge in [-0.3, -0.25) is 0 Å². The number of rotatable bonds is 4. The number of pyridine rings is 1. The number of anilines is 1. The highest BCUT2D eigenvalue weighted by Crippen LogP contribution is 2.24. The summed E-state index contributed by atoms with van der Waals surface area (Å²) in [4.78, 5) is 9.71. The third-order valence-electron chi connectivity index (χ3n) is 4.33. The summed E-state index contributed by atoms with van der Waals surface area (Å²) < 4.78 is 0. The molecule has 118 valence electrons. The van der Waals surface area contributed by atoms with E-state index in [4.69, 9.17) is 4.98 Å². The van der Waals surface area contributed by atoms with Crippen LogP contribution in [0.3, 0.4) is 0 Å². The molecule has 1 aromatic rings. The Labute approximate surface area is 128 Å². The van der Waals surface area contributed by atoms with Crippen molar-refractivity contribution in [1.29, 1.82) is 0 Å². The Kier molecular flexibility index (Phi) is 5.59. The first kappa shape index (κ1) is 16.2. The van der Waals surface area contributed by atoms with Gasteiger partial charge in [-0.25, -0.2) is 4.98 Å². The van der Waals surface area contributed by atoms with Crippen LogP contribution in [0.4, 0.5) is 5.82 Å². The lowest BCUT2D eigenvalue weighted by molar-refractivity contribution is 0.281. The zero-order valence-electron chi connectivity index (χ0n) is 13.8. The van der Waals surface area contributed by atoms with Gasteiger partial charge in [0.2, 0.25) is 0 Å². The lowest BCUT2D eigenvalue weighted by Gasteiger charge is -2.32. The number of likely N-dealkylation sites (N-methyl/N-ethyl adjacent to an activating group) is 1. The Morgan fingerprint density at radius 2 is 2.10 bits per heavy atom. The molecule has 1 aromatic heterocycles. The Morgan fingerprint density at radius 1 is 1.33 bits per heavy atom. The van der Waals surface area contributed by atoms with Gasteiger partial charge in [-0.05, 0) is 50.0 Å². The minimum atomic E-state index is 0.0831. The largest absolute Gasteiger partial charge is 0.392 e. The third kappa shape index (κ3) is 3.95. The van der Waals surface area contributed by atoms with Crippen LogP contribution >= 0.6 is 0 Å². The minimum absolute atomic E-state index is 0.0831. The first-order chi connectivity index (χ1) is 10.0. The highest BCUT2D eigenvalue weighted by molar-refractivity contribution is 5.44. The van der Waals surface area contributed by atoms with Gasteiger partial charge in [-0.2, -0.15) is 0 Å². The molecule has 0 amide bonds. The molecule has 0 radical (unpaired) electrons. The van der Waals surface area contributed by atoms with Crippen LogP contribution < -0.4 is 4.90 Å². The maximum absolute atomic E-state index is 9.53. The molecular weight excluding hydrogens is 262 g/mol. The minimum Gasteiger partial charge on any atom is -0.392 e. The molecule has 0 bridgehead atoms. The van der Waals surface area contributed by atoms with E-state index in [2.05, 4.69) is 43.7 Å². The number of aromatic nitrogens is 1. The van der Waals surface area contributed by atoms with Crippen molar-refractivity contribution in [2.24, 2.45) is 0 Å². The molecule has 0 aliphatic carbocycles. The monoisotopic (exact) mass is 291 g/mol. The van der Waals surface area contributed by atoms with E-state index in [1.165, 1.54) is 0 Å². The van der Waals surface area contributed by atoms with Crippen molar-refractivity contribution in [3.63, 3.8) is 0 Å². The van der Waals surface area contributed by atoms with E-state index in [0.717, 1.165) is 49.6 Å². The van der Waals surface area contributed by atoms with Gasteiger partial charge in [0.25, 0.3) is 0 Å². The lowest BCUT2D eigenvalue weighted by Crippen LogP contribution is -2.40. The molecule has 1 saturated heterocycles. The average molecular weight is 291 g/mol. The summed E-state index contributed by atoms with van der Waals surface area (Å²) in [6.45, 7) is 9.90. The van der Waals surface area contributed by atoms with Crippen molar-refractivity contribution in [1.82, 2.24) is 9.88 Å². The van der Waals surface area contributed by atoms with E-state index in [1.807, 2.05) is 6.07 Å². The number of hydrogen-bond donors (Lipinski definition) is 1. The van der Waals surface area contributed by atoms with E-state index >= 15 is 0 Å².